The maximum atomic E-state index is 12.3. The molecule has 0 saturated carbocycles. The Labute approximate surface area is 136 Å². The van der Waals surface area contributed by atoms with Gasteiger partial charge in [-0.05, 0) is 25.1 Å². The maximum absolute atomic E-state index is 12.3. The van der Waals surface area contributed by atoms with E-state index in [4.69, 9.17) is 4.74 Å². The van der Waals surface area contributed by atoms with E-state index in [2.05, 4.69) is 14.7 Å². The van der Waals surface area contributed by atoms with Gasteiger partial charge in [0, 0.05) is 22.7 Å². The summed E-state index contributed by atoms with van der Waals surface area (Å²) in [5, 5.41) is 3.04. The van der Waals surface area contributed by atoms with Crippen molar-refractivity contribution >= 4 is 34.4 Å². The summed E-state index contributed by atoms with van der Waals surface area (Å²) in [6, 6.07) is 7.43. The number of rotatable bonds is 4. The lowest BCUT2D eigenvalue weighted by Gasteiger charge is -2.02. The van der Waals surface area contributed by atoms with Crippen LogP contribution in [0.4, 0.5) is 5.13 Å². The van der Waals surface area contributed by atoms with Gasteiger partial charge in [0.1, 0.15) is 11.5 Å². The van der Waals surface area contributed by atoms with Crippen molar-refractivity contribution in [1.82, 2.24) is 9.36 Å². The summed E-state index contributed by atoms with van der Waals surface area (Å²) in [5.41, 5.74) is 1.26. The predicted octanol–water partition coefficient (Wildman–Crippen LogP) is 2.60. The topological polar surface area (TPSA) is 81.2 Å². The fourth-order valence-corrected chi connectivity index (χ4v) is 2.59. The quantitative estimate of drug-likeness (QED) is 0.933. The average Bonchev–Trinajstić information content (AvgIpc) is 2.82. The highest BCUT2D eigenvalue weighted by molar-refractivity contribution is 7.09. The molecule has 0 atom stereocenters. The van der Waals surface area contributed by atoms with Crippen LogP contribution in [0.25, 0.3) is 6.08 Å². The number of benzene rings is 1. The van der Waals surface area contributed by atoms with Crippen molar-refractivity contribution in [2.45, 2.75) is 13.3 Å². The van der Waals surface area contributed by atoms with Crippen LogP contribution in [0.1, 0.15) is 18.3 Å². The number of carbonyl (C=O) groups is 2. The van der Waals surface area contributed by atoms with Gasteiger partial charge in [-0.1, -0.05) is 18.2 Å². The number of para-hydroxylation sites is 1. The Morgan fingerprint density at radius 2 is 2.13 bits per heavy atom. The molecule has 3 rings (SSSR count). The number of fused-ring (bicyclic) bond motifs is 1. The fraction of sp³-hybridized carbons (Fsp3) is 0.125. The van der Waals surface area contributed by atoms with Gasteiger partial charge in [0.15, 0.2) is 5.82 Å². The highest BCUT2D eigenvalue weighted by Gasteiger charge is 2.14. The van der Waals surface area contributed by atoms with E-state index in [9.17, 15) is 9.59 Å². The molecule has 1 N–H and O–H groups in total. The summed E-state index contributed by atoms with van der Waals surface area (Å²) >= 11 is 1.05. The smallest absolute Gasteiger partial charge is 0.257 e. The molecule has 0 radical (unpaired) electrons. The minimum absolute atomic E-state index is 0.0242. The van der Waals surface area contributed by atoms with Crippen LogP contribution in [0.2, 0.25) is 0 Å². The van der Waals surface area contributed by atoms with E-state index in [1.807, 2.05) is 24.3 Å². The molecular formula is C16H13N3O3S. The second-order valence-corrected chi connectivity index (χ2v) is 5.66. The molecule has 7 heteroatoms. The molecule has 1 amide bonds. The van der Waals surface area contributed by atoms with Gasteiger partial charge in [-0.3, -0.25) is 14.9 Å². The van der Waals surface area contributed by atoms with E-state index >= 15 is 0 Å². The van der Waals surface area contributed by atoms with Crippen LogP contribution in [0.5, 0.6) is 5.75 Å². The molecule has 2 aromatic rings. The number of nitrogens with one attached hydrogen (secondary N) is 1. The molecule has 116 valence electrons. The van der Waals surface area contributed by atoms with Gasteiger partial charge in [0.05, 0.1) is 12.7 Å². The van der Waals surface area contributed by atoms with Crippen LogP contribution in [-0.4, -0.2) is 21.0 Å². The Bertz CT molecular complexity index is 823. The summed E-state index contributed by atoms with van der Waals surface area (Å²) in [5.74, 6) is 0.763. The Balaban J connectivity index is 1.77. The fourth-order valence-electron chi connectivity index (χ4n) is 2.01. The summed E-state index contributed by atoms with van der Waals surface area (Å²) in [4.78, 5) is 27.5. The molecule has 0 unspecified atom stereocenters. The summed E-state index contributed by atoms with van der Waals surface area (Å²) in [6.07, 6.45) is 4.97. The Kier molecular flexibility index (Phi) is 4.29. The Hall–Kier alpha value is -2.80. The molecule has 0 aliphatic carbocycles. The third kappa shape index (κ3) is 3.70. The van der Waals surface area contributed by atoms with Crippen molar-refractivity contribution in [3.8, 4) is 5.75 Å². The van der Waals surface area contributed by atoms with Gasteiger partial charge >= 0.3 is 0 Å². The molecule has 23 heavy (non-hydrogen) atoms. The Morgan fingerprint density at radius 3 is 2.96 bits per heavy atom. The number of ether oxygens (including phenoxy) is 1. The molecule has 1 aliphatic heterocycles. The number of nitrogens with zero attached hydrogens (tertiary/aromatic N) is 2. The molecule has 0 fully saturated rings. The van der Waals surface area contributed by atoms with Crippen LogP contribution >= 0.6 is 11.5 Å². The van der Waals surface area contributed by atoms with Crippen molar-refractivity contribution in [1.29, 1.82) is 0 Å². The summed E-state index contributed by atoms with van der Waals surface area (Å²) in [6.45, 7) is 1.47. The SMILES string of the molecule is CC(=O)Cc1nsc(NC(=O)C2=Cc3ccccc3OC=C2)n1. The predicted molar refractivity (Wildman–Crippen MR) is 87.1 cm³/mol. The zero-order valence-electron chi connectivity index (χ0n) is 12.3. The number of aromatic nitrogens is 2. The average molecular weight is 327 g/mol. The van der Waals surface area contributed by atoms with Crippen LogP contribution in [0, 0.1) is 0 Å². The first-order valence-electron chi connectivity index (χ1n) is 6.89. The van der Waals surface area contributed by atoms with Crippen LogP contribution in [0.15, 0.2) is 42.2 Å². The van der Waals surface area contributed by atoms with Crippen molar-refractivity contribution < 1.29 is 14.3 Å². The number of hydrogen-bond acceptors (Lipinski definition) is 6. The number of hydrogen-bond donors (Lipinski definition) is 1. The normalized spacial score (nSPS) is 12.7. The van der Waals surface area contributed by atoms with E-state index < -0.39 is 0 Å². The minimum Gasteiger partial charge on any atom is -0.464 e. The van der Waals surface area contributed by atoms with Crippen LogP contribution in [0.3, 0.4) is 0 Å². The number of Topliss-reactive ketones (excluding diaryl/α,β-unsaturated/α-hetero) is 1. The standard InChI is InChI=1S/C16H13N3O3S/c1-10(20)8-14-17-16(23-19-14)18-15(21)12-6-7-22-13-5-3-2-4-11(13)9-12/h2-7,9H,8H2,1H3,(H,17,18,19,21). The lowest BCUT2D eigenvalue weighted by Crippen LogP contribution is -2.13. The van der Waals surface area contributed by atoms with Crippen LogP contribution in [-0.2, 0) is 16.0 Å². The van der Waals surface area contributed by atoms with Gasteiger partial charge in [0.25, 0.3) is 5.91 Å². The van der Waals surface area contributed by atoms with E-state index in [0.717, 1.165) is 17.1 Å². The lowest BCUT2D eigenvalue weighted by molar-refractivity contribution is -0.116. The first kappa shape index (κ1) is 15.1. The number of carbonyl (C=O) groups excluding carboxylic acids is 2. The highest BCUT2D eigenvalue weighted by atomic mass is 32.1. The summed E-state index contributed by atoms with van der Waals surface area (Å²) < 4.78 is 9.49. The van der Waals surface area contributed by atoms with E-state index in [0.29, 0.717) is 22.3 Å². The van der Waals surface area contributed by atoms with Crippen LogP contribution < -0.4 is 10.1 Å². The van der Waals surface area contributed by atoms with E-state index in [1.54, 1.807) is 12.2 Å². The second kappa shape index (κ2) is 6.53. The highest BCUT2D eigenvalue weighted by Crippen LogP contribution is 2.25. The summed E-state index contributed by atoms with van der Waals surface area (Å²) in [7, 11) is 0. The largest absolute Gasteiger partial charge is 0.464 e. The molecule has 0 saturated heterocycles. The molecule has 1 aromatic heterocycles. The molecule has 2 heterocycles. The third-order valence-electron chi connectivity index (χ3n) is 3.03. The molecule has 1 aromatic carbocycles. The zero-order valence-corrected chi connectivity index (χ0v) is 13.1. The van der Waals surface area contributed by atoms with Gasteiger partial charge in [0.2, 0.25) is 5.13 Å². The number of anilines is 1. The molecule has 6 nitrogen and oxygen atoms in total. The van der Waals surface area contributed by atoms with Gasteiger partial charge in [-0.25, -0.2) is 4.98 Å². The van der Waals surface area contributed by atoms with Crippen molar-refractivity contribution in [2.24, 2.45) is 0 Å². The van der Waals surface area contributed by atoms with Gasteiger partial charge in [-0.2, -0.15) is 4.37 Å². The molecular weight excluding hydrogens is 314 g/mol. The maximum Gasteiger partial charge on any atom is 0.257 e. The third-order valence-corrected chi connectivity index (χ3v) is 3.70. The molecule has 1 aliphatic rings. The van der Waals surface area contributed by atoms with Crippen molar-refractivity contribution in [3.63, 3.8) is 0 Å². The lowest BCUT2D eigenvalue weighted by atomic mass is 10.1. The van der Waals surface area contributed by atoms with E-state index in [1.165, 1.54) is 13.2 Å². The second-order valence-electron chi connectivity index (χ2n) is 4.91. The Morgan fingerprint density at radius 1 is 1.30 bits per heavy atom. The molecule has 0 spiro atoms. The molecule has 0 bridgehead atoms. The van der Waals surface area contributed by atoms with Gasteiger partial charge in [-0.15, -0.1) is 0 Å². The minimum atomic E-state index is -0.313. The number of amides is 1. The first-order valence-corrected chi connectivity index (χ1v) is 7.66. The van der Waals surface area contributed by atoms with Crippen molar-refractivity contribution in [2.75, 3.05) is 5.32 Å². The first-order chi connectivity index (χ1) is 11.1. The zero-order chi connectivity index (χ0) is 16.2. The monoisotopic (exact) mass is 327 g/mol. The van der Waals surface area contributed by atoms with E-state index in [-0.39, 0.29) is 18.1 Å². The van der Waals surface area contributed by atoms with Crippen molar-refractivity contribution in [3.05, 3.63) is 53.6 Å². The number of ketones is 1. The van der Waals surface area contributed by atoms with Gasteiger partial charge < -0.3 is 4.74 Å².